The maximum Gasteiger partial charge on any atom is 0.244 e. The number of carbonyl (C=O) groups excluding carboxylic acids is 2. The van der Waals surface area contributed by atoms with Gasteiger partial charge in [0, 0.05) is 23.2 Å². The molecule has 6 nitrogen and oxygen atoms in total. The molecular weight excluding hydrogens is 420 g/mol. The van der Waals surface area contributed by atoms with Gasteiger partial charge in [0.15, 0.2) is 16.8 Å². The molecule has 3 aromatic rings. The third kappa shape index (κ3) is 5.81. The van der Waals surface area contributed by atoms with Gasteiger partial charge in [-0.1, -0.05) is 71.9 Å². The number of rotatable bonds is 9. The van der Waals surface area contributed by atoms with Crippen molar-refractivity contribution in [2.75, 3.05) is 5.75 Å². The molecule has 0 atom stereocenters. The van der Waals surface area contributed by atoms with Crippen LogP contribution >= 0.6 is 23.4 Å². The predicted octanol–water partition coefficient (Wildman–Crippen LogP) is 4.26. The molecule has 0 radical (unpaired) electrons. The van der Waals surface area contributed by atoms with Crippen molar-refractivity contribution >= 4 is 41.1 Å². The fourth-order valence-corrected chi connectivity index (χ4v) is 3.83. The summed E-state index contributed by atoms with van der Waals surface area (Å²) in [6.07, 6.45) is 3.10. The third-order valence-electron chi connectivity index (χ3n) is 4.28. The lowest BCUT2D eigenvalue weighted by Crippen LogP contribution is -2.22. The Morgan fingerprint density at radius 2 is 1.83 bits per heavy atom. The average Bonchev–Trinajstić information content (AvgIpc) is 3.17. The van der Waals surface area contributed by atoms with Crippen LogP contribution < -0.4 is 5.32 Å². The minimum Gasteiger partial charge on any atom is -0.345 e. The summed E-state index contributed by atoms with van der Waals surface area (Å²) in [5, 5.41) is 12.4. The van der Waals surface area contributed by atoms with Crippen LogP contribution in [0.3, 0.4) is 0 Å². The minimum atomic E-state index is -0.256. The van der Waals surface area contributed by atoms with Crippen molar-refractivity contribution in [2.45, 2.75) is 25.2 Å². The number of benzene rings is 2. The molecule has 1 heterocycles. The normalized spacial score (nSPS) is 11.0. The number of hydrogen-bond acceptors (Lipinski definition) is 5. The summed E-state index contributed by atoms with van der Waals surface area (Å²) in [6.45, 7) is 2.84. The SMILES string of the molecule is CCn1c(CNC(=O)C=Cc2ccccc2Cl)nnc1SCC(=O)c1ccccc1. The van der Waals surface area contributed by atoms with Crippen LogP contribution in [0.1, 0.15) is 28.7 Å². The fourth-order valence-electron chi connectivity index (χ4n) is 2.71. The second-order valence-electron chi connectivity index (χ2n) is 6.29. The summed E-state index contributed by atoms with van der Waals surface area (Å²) in [6, 6.07) is 16.4. The van der Waals surface area contributed by atoms with Gasteiger partial charge in [0.1, 0.15) is 0 Å². The second kappa shape index (κ2) is 10.8. The standard InChI is InChI=1S/C22H21ClN4O2S/c1-2-27-20(14-24-21(29)13-12-16-8-6-7-11-18(16)23)25-26-22(27)30-15-19(28)17-9-4-3-5-10-17/h3-13H,2,14-15H2,1H3,(H,24,29). The molecule has 1 aromatic heterocycles. The van der Waals surface area contributed by atoms with E-state index in [1.807, 2.05) is 47.9 Å². The summed E-state index contributed by atoms with van der Waals surface area (Å²) < 4.78 is 1.89. The van der Waals surface area contributed by atoms with Gasteiger partial charge in [-0.2, -0.15) is 0 Å². The van der Waals surface area contributed by atoms with Crippen molar-refractivity contribution in [2.24, 2.45) is 0 Å². The van der Waals surface area contributed by atoms with Crippen LogP contribution in [0.5, 0.6) is 0 Å². The first-order valence-corrected chi connectivity index (χ1v) is 10.8. The summed E-state index contributed by atoms with van der Waals surface area (Å²) >= 11 is 7.42. The van der Waals surface area contributed by atoms with E-state index in [-0.39, 0.29) is 24.0 Å². The molecule has 0 saturated carbocycles. The van der Waals surface area contributed by atoms with Crippen LogP contribution in [-0.4, -0.2) is 32.2 Å². The van der Waals surface area contributed by atoms with Crippen molar-refractivity contribution in [3.05, 3.63) is 82.6 Å². The molecule has 0 fully saturated rings. The fraction of sp³-hybridized carbons (Fsp3) is 0.182. The maximum absolute atomic E-state index is 12.3. The Labute approximate surface area is 184 Å². The molecule has 3 rings (SSSR count). The average molecular weight is 441 g/mol. The van der Waals surface area contributed by atoms with Crippen molar-refractivity contribution in [3.63, 3.8) is 0 Å². The summed E-state index contributed by atoms with van der Waals surface area (Å²) in [5.41, 5.74) is 1.44. The molecule has 0 spiro atoms. The lowest BCUT2D eigenvalue weighted by molar-refractivity contribution is -0.116. The molecule has 154 valence electrons. The van der Waals surface area contributed by atoms with Gasteiger partial charge in [-0.25, -0.2) is 0 Å². The Balaban J connectivity index is 1.57. The second-order valence-corrected chi connectivity index (χ2v) is 7.64. The number of Topliss-reactive ketones (excluding diaryl/α,β-unsaturated/α-hetero) is 1. The number of ketones is 1. The Morgan fingerprint density at radius 1 is 1.10 bits per heavy atom. The number of halogens is 1. The molecule has 30 heavy (non-hydrogen) atoms. The van der Waals surface area contributed by atoms with E-state index in [4.69, 9.17) is 11.6 Å². The van der Waals surface area contributed by atoms with E-state index in [0.29, 0.717) is 28.1 Å². The van der Waals surface area contributed by atoms with E-state index < -0.39 is 0 Å². The number of aromatic nitrogens is 3. The molecule has 0 saturated heterocycles. The van der Waals surface area contributed by atoms with Gasteiger partial charge in [-0.15, -0.1) is 10.2 Å². The van der Waals surface area contributed by atoms with Gasteiger partial charge in [0.2, 0.25) is 5.91 Å². The molecule has 0 aliphatic rings. The Morgan fingerprint density at radius 3 is 2.57 bits per heavy atom. The van der Waals surface area contributed by atoms with Crippen LogP contribution in [0.4, 0.5) is 0 Å². The van der Waals surface area contributed by atoms with Gasteiger partial charge in [0.25, 0.3) is 0 Å². The Kier molecular flexibility index (Phi) is 7.82. The van der Waals surface area contributed by atoms with Crippen LogP contribution in [0, 0.1) is 0 Å². The highest BCUT2D eigenvalue weighted by Gasteiger charge is 2.14. The van der Waals surface area contributed by atoms with Crippen LogP contribution in [0.2, 0.25) is 5.02 Å². The molecule has 1 N–H and O–H groups in total. The quantitative estimate of drug-likeness (QED) is 0.305. The molecule has 0 bridgehead atoms. The number of hydrogen-bond donors (Lipinski definition) is 1. The van der Waals surface area contributed by atoms with Crippen molar-refractivity contribution in [3.8, 4) is 0 Å². The summed E-state index contributed by atoms with van der Waals surface area (Å²) in [5.74, 6) is 0.682. The smallest absolute Gasteiger partial charge is 0.244 e. The summed E-state index contributed by atoms with van der Waals surface area (Å²) in [7, 11) is 0. The van der Waals surface area contributed by atoms with Crippen molar-refractivity contribution in [1.82, 2.24) is 20.1 Å². The zero-order chi connectivity index (χ0) is 21.3. The first-order chi connectivity index (χ1) is 14.6. The van der Waals surface area contributed by atoms with Gasteiger partial charge in [-0.05, 0) is 24.6 Å². The predicted molar refractivity (Wildman–Crippen MR) is 120 cm³/mol. The van der Waals surface area contributed by atoms with Crippen molar-refractivity contribution < 1.29 is 9.59 Å². The molecule has 8 heteroatoms. The number of amides is 1. The largest absolute Gasteiger partial charge is 0.345 e. The van der Waals surface area contributed by atoms with Gasteiger partial charge in [-0.3, -0.25) is 9.59 Å². The molecule has 0 aliphatic heterocycles. The Bertz CT molecular complexity index is 1050. The summed E-state index contributed by atoms with van der Waals surface area (Å²) in [4.78, 5) is 24.4. The monoisotopic (exact) mass is 440 g/mol. The van der Waals surface area contributed by atoms with E-state index in [1.54, 1.807) is 24.3 Å². The first kappa shape index (κ1) is 21.8. The van der Waals surface area contributed by atoms with E-state index in [9.17, 15) is 9.59 Å². The Hall–Kier alpha value is -2.90. The van der Waals surface area contributed by atoms with Gasteiger partial charge in [0.05, 0.1) is 12.3 Å². The third-order valence-corrected chi connectivity index (χ3v) is 5.59. The zero-order valence-corrected chi connectivity index (χ0v) is 18.0. The number of nitrogens with one attached hydrogen (secondary N) is 1. The lowest BCUT2D eigenvalue weighted by Gasteiger charge is -2.07. The molecule has 1 amide bonds. The number of thioether (sulfide) groups is 1. The van der Waals surface area contributed by atoms with E-state index in [2.05, 4.69) is 15.5 Å². The lowest BCUT2D eigenvalue weighted by atomic mass is 10.2. The number of carbonyl (C=O) groups is 2. The first-order valence-electron chi connectivity index (χ1n) is 9.42. The van der Waals surface area contributed by atoms with Crippen molar-refractivity contribution in [1.29, 1.82) is 0 Å². The highest BCUT2D eigenvalue weighted by Crippen LogP contribution is 2.19. The van der Waals surface area contributed by atoms with Gasteiger partial charge < -0.3 is 9.88 Å². The molecule has 0 unspecified atom stereocenters. The zero-order valence-electron chi connectivity index (χ0n) is 16.4. The highest BCUT2D eigenvalue weighted by molar-refractivity contribution is 7.99. The highest BCUT2D eigenvalue weighted by atomic mass is 35.5. The van der Waals surface area contributed by atoms with Gasteiger partial charge >= 0.3 is 0 Å². The van der Waals surface area contributed by atoms with Crippen LogP contribution in [0.25, 0.3) is 6.08 Å². The topological polar surface area (TPSA) is 76.9 Å². The molecule has 2 aromatic carbocycles. The molecule has 0 aliphatic carbocycles. The minimum absolute atomic E-state index is 0.0332. The maximum atomic E-state index is 12.3. The van der Waals surface area contributed by atoms with Crippen LogP contribution in [0.15, 0.2) is 65.8 Å². The van der Waals surface area contributed by atoms with E-state index in [0.717, 1.165) is 5.56 Å². The van der Waals surface area contributed by atoms with E-state index >= 15 is 0 Å². The van der Waals surface area contributed by atoms with Crippen LogP contribution in [-0.2, 0) is 17.9 Å². The molecular formula is C22H21ClN4O2S. The number of nitrogens with zero attached hydrogens (tertiary/aromatic N) is 3. The van der Waals surface area contributed by atoms with E-state index in [1.165, 1.54) is 17.8 Å².